The molecular formula is C15H14ClN5O. The van der Waals surface area contributed by atoms with Gasteiger partial charge in [0.15, 0.2) is 5.82 Å². The Labute approximate surface area is 132 Å². The van der Waals surface area contributed by atoms with Crippen LogP contribution < -0.4 is 5.32 Å². The maximum absolute atomic E-state index is 5.75. The summed E-state index contributed by atoms with van der Waals surface area (Å²) in [6, 6.07) is 9.80. The third kappa shape index (κ3) is 3.59. The highest BCUT2D eigenvalue weighted by Crippen LogP contribution is 2.16. The standard InChI is InChI=1S/C15H14ClN5O/c1-10(19-15-17-8-12(16)9-18-15)14-20-13(22-21-14)7-11-5-3-2-4-6-11/h2-6,8-10H,7H2,1H3,(H,17,18,19)/t10-/m1/s1. The molecule has 1 N–H and O–H groups in total. The van der Waals surface area contributed by atoms with Gasteiger partial charge in [-0.15, -0.1) is 0 Å². The highest BCUT2D eigenvalue weighted by molar-refractivity contribution is 6.30. The summed E-state index contributed by atoms with van der Waals surface area (Å²) in [6.07, 6.45) is 3.67. The van der Waals surface area contributed by atoms with Crippen LogP contribution in [0.2, 0.25) is 5.02 Å². The van der Waals surface area contributed by atoms with Crippen molar-refractivity contribution in [2.75, 3.05) is 5.32 Å². The van der Waals surface area contributed by atoms with Gasteiger partial charge in [0, 0.05) is 0 Å². The Morgan fingerprint density at radius 2 is 1.91 bits per heavy atom. The molecule has 0 aliphatic carbocycles. The van der Waals surface area contributed by atoms with Crippen molar-refractivity contribution in [3.8, 4) is 0 Å². The Kier molecular flexibility index (Phi) is 4.29. The third-order valence-corrected chi connectivity index (χ3v) is 3.23. The molecule has 22 heavy (non-hydrogen) atoms. The molecule has 0 bridgehead atoms. The van der Waals surface area contributed by atoms with Crippen LogP contribution in [0.15, 0.2) is 47.2 Å². The van der Waals surface area contributed by atoms with E-state index in [1.165, 1.54) is 12.4 Å². The molecule has 0 aliphatic rings. The number of benzene rings is 1. The largest absolute Gasteiger partial charge is 0.344 e. The van der Waals surface area contributed by atoms with Crippen LogP contribution in [0.1, 0.15) is 30.2 Å². The van der Waals surface area contributed by atoms with Gasteiger partial charge in [0.2, 0.25) is 11.8 Å². The van der Waals surface area contributed by atoms with Gasteiger partial charge in [0.25, 0.3) is 0 Å². The number of halogens is 1. The zero-order valence-electron chi connectivity index (χ0n) is 11.9. The van der Waals surface area contributed by atoms with Crippen molar-refractivity contribution in [2.24, 2.45) is 0 Å². The number of hydrogen-bond acceptors (Lipinski definition) is 6. The Morgan fingerprint density at radius 1 is 1.18 bits per heavy atom. The molecule has 3 aromatic rings. The second-order valence-electron chi connectivity index (χ2n) is 4.80. The van der Waals surface area contributed by atoms with Crippen LogP contribution in [-0.4, -0.2) is 20.1 Å². The molecule has 0 aliphatic heterocycles. The number of hydrogen-bond donors (Lipinski definition) is 1. The van der Waals surface area contributed by atoms with E-state index in [1.54, 1.807) is 0 Å². The van der Waals surface area contributed by atoms with E-state index in [-0.39, 0.29) is 6.04 Å². The summed E-state index contributed by atoms with van der Waals surface area (Å²) < 4.78 is 5.28. The van der Waals surface area contributed by atoms with E-state index < -0.39 is 0 Å². The molecule has 0 spiro atoms. The van der Waals surface area contributed by atoms with Crippen LogP contribution in [0.5, 0.6) is 0 Å². The molecule has 1 aromatic carbocycles. The predicted molar refractivity (Wildman–Crippen MR) is 82.6 cm³/mol. The number of rotatable bonds is 5. The molecule has 0 fully saturated rings. The van der Waals surface area contributed by atoms with Crippen LogP contribution >= 0.6 is 11.6 Å². The lowest BCUT2D eigenvalue weighted by molar-refractivity contribution is 0.377. The lowest BCUT2D eigenvalue weighted by Crippen LogP contribution is -2.10. The first kappa shape index (κ1) is 14.5. The van der Waals surface area contributed by atoms with Crippen molar-refractivity contribution < 1.29 is 4.52 Å². The van der Waals surface area contributed by atoms with E-state index in [4.69, 9.17) is 16.1 Å². The van der Waals surface area contributed by atoms with Crippen molar-refractivity contribution >= 4 is 17.5 Å². The highest BCUT2D eigenvalue weighted by atomic mass is 35.5. The third-order valence-electron chi connectivity index (χ3n) is 3.04. The summed E-state index contributed by atoms with van der Waals surface area (Å²) >= 11 is 5.75. The zero-order valence-corrected chi connectivity index (χ0v) is 12.7. The molecule has 3 rings (SSSR count). The molecular weight excluding hydrogens is 302 g/mol. The smallest absolute Gasteiger partial charge is 0.231 e. The fourth-order valence-electron chi connectivity index (χ4n) is 1.93. The average molecular weight is 316 g/mol. The van der Waals surface area contributed by atoms with Crippen molar-refractivity contribution in [1.29, 1.82) is 0 Å². The van der Waals surface area contributed by atoms with Crippen LogP contribution in [0.25, 0.3) is 0 Å². The normalized spacial score (nSPS) is 12.1. The summed E-state index contributed by atoms with van der Waals surface area (Å²) in [6.45, 7) is 1.91. The van der Waals surface area contributed by atoms with Crippen LogP contribution in [0.4, 0.5) is 5.95 Å². The minimum Gasteiger partial charge on any atom is -0.344 e. The molecule has 0 unspecified atom stereocenters. The van der Waals surface area contributed by atoms with Gasteiger partial charge >= 0.3 is 0 Å². The van der Waals surface area contributed by atoms with Gasteiger partial charge in [-0.25, -0.2) is 9.97 Å². The number of nitrogens with one attached hydrogen (secondary N) is 1. The van der Waals surface area contributed by atoms with Gasteiger partial charge in [-0.1, -0.05) is 47.1 Å². The molecule has 6 nitrogen and oxygen atoms in total. The molecule has 0 saturated heterocycles. The van der Waals surface area contributed by atoms with Crippen molar-refractivity contribution in [3.05, 3.63) is 65.0 Å². The summed E-state index contributed by atoms with van der Waals surface area (Å²) in [5.74, 6) is 1.60. The van der Waals surface area contributed by atoms with Crippen molar-refractivity contribution in [3.63, 3.8) is 0 Å². The van der Waals surface area contributed by atoms with Crippen molar-refractivity contribution in [1.82, 2.24) is 20.1 Å². The minimum absolute atomic E-state index is 0.172. The molecule has 0 radical (unpaired) electrons. The minimum atomic E-state index is -0.172. The highest BCUT2D eigenvalue weighted by Gasteiger charge is 2.14. The first-order chi connectivity index (χ1) is 10.7. The molecule has 112 valence electrons. The summed E-state index contributed by atoms with van der Waals surface area (Å²) in [5.41, 5.74) is 1.12. The van der Waals surface area contributed by atoms with Gasteiger partial charge in [0.1, 0.15) is 0 Å². The summed E-state index contributed by atoms with van der Waals surface area (Å²) in [7, 11) is 0. The number of anilines is 1. The molecule has 7 heteroatoms. The maximum Gasteiger partial charge on any atom is 0.231 e. The van der Waals surface area contributed by atoms with Crippen LogP contribution in [0, 0.1) is 0 Å². The number of aromatic nitrogens is 4. The van der Waals surface area contributed by atoms with Gasteiger partial charge in [-0.05, 0) is 12.5 Å². The summed E-state index contributed by atoms with van der Waals surface area (Å²) in [5, 5.41) is 7.58. The molecule has 0 saturated carbocycles. The van der Waals surface area contributed by atoms with Gasteiger partial charge in [-0.2, -0.15) is 4.98 Å². The molecule has 2 aromatic heterocycles. The topological polar surface area (TPSA) is 76.7 Å². The van der Waals surface area contributed by atoms with Gasteiger partial charge in [0.05, 0.1) is 29.9 Å². The lowest BCUT2D eigenvalue weighted by Gasteiger charge is -2.08. The molecule has 2 heterocycles. The second-order valence-corrected chi connectivity index (χ2v) is 5.24. The van der Waals surface area contributed by atoms with Crippen LogP contribution in [0.3, 0.4) is 0 Å². The predicted octanol–water partition coefficient (Wildman–Crippen LogP) is 3.28. The monoisotopic (exact) mass is 315 g/mol. The Bertz CT molecular complexity index is 729. The van der Waals surface area contributed by atoms with E-state index in [0.717, 1.165) is 5.56 Å². The molecule has 0 amide bonds. The fourth-order valence-corrected chi connectivity index (χ4v) is 2.03. The van der Waals surface area contributed by atoms with E-state index >= 15 is 0 Å². The SMILES string of the molecule is C[C@@H](Nc1ncc(Cl)cn1)c1noc(Cc2ccccc2)n1. The Balaban J connectivity index is 1.66. The first-order valence-corrected chi connectivity index (χ1v) is 7.19. The van der Waals surface area contributed by atoms with E-state index in [0.29, 0.717) is 29.1 Å². The zero-order chi connectivity index (χ0) is 15.4. The van der Waals surface area contributed by atoms with Crippen LogP contribution in [-0.2, 0) is 6.42 Å². The van der Waals surface area contributed by atoms with Crippen molar-refractivity contribution in [2.45, 2.75) is 19.4 Å². The van der Waals surface area contributed by atoms with E-state index in [1.807, 2.05) is 37.3 Å². The molecule has 1 atom stereocenters. The average Bonchev–Trinajstić information content (AvgIpc) is 2.99. The first-order valence-electron chi connectivity index (χ1n) is 6.81. The second kappa shape index (κ2) is 6.53. The van der Waals surface area contributed by atoms with E-state index in [9.17, 15) is 0 Å². The summed E-state index contributed by atoms with van der Waals surface area (Å²) in [4.78, 5) is 12.6. The van der Waals surface area contributed by atoms with Gasteiger partial charge < -0.3 is 9.84 Å². The van der Waals surface area contributed by atoms with Gasteiger partial charge in [-0.3, -0.25) is 0 Å². The number of nitrogens with zero attached hydrogens (tertiary/aromatic N) is 4. The fraction of sp³-hybridized carbons (Fsp3) is 0.200. The maximum atomic E-state index is 5.75. The Morgan fingerprint density at radius 3 is 2.64 bits per heavy atom. The van der Waals surface area contributed by atoms with E-state index in [2.05, 4.69) is 25.4 Å². The quantitative estimate of drug-likeness (QED) is 0.778. The Hall–Kier alpha value is -2.47. The lowest BCUT2D eigenvalue weighted by atomic mass is 10.1.